The molecule has 0 atom stereocenters. The number of benzene rings is 1. The maximum Gasteiger partial charge on any atom is 0.251 e. The van der Waals surface area contributed by atoms with Gasteiger partial charge in [-0.2, -0.15) is 0 Å². The Hall–Kier alpha value is -2.99. The van der Waals surface area contributed by atoms with Crippen LogP contribution in [0.2, 0.25) is 0 Å². The van der Waals surface area contributed by atoms with E-state index in [0.717, 1.165) is 4.88 Å². The molecule has 0 saturated carbocycles. The number of pyridine rings is 1. The molecule has 6 heteroatoms. The van der Waals surface area contributed by atoms with Gasteiger partial charge in [0.15, 0.2) is 5.58 Å². The second kappa shape index (κ2) is 6.25. The van der Waals surface area contributed by atoms with E-state index in [2.05, 4.69) is 15.3 Å². The maximum atomic E-state index is 12.3. The highest BCUT2D eigenvalue weighted by Gasteiger charge is 2.12. The standard InChI is InChI=1S/C18H13N3O2S/c22-17(20-11-13-4-3-9-24-13)12-6-7-16-15(10-12)21-18(23-16)14-5-1-2-8-19-14/h1-10H,11H2,(H,20,22). The summed E-state index contributed by atoms with van der Waals surface area (Å²) in [5.41, 5.74) is 2.49. The van der Waals surface area contributed by atoms with E-state index in [1.807, 2.05) is 35.7 Å². The van der Waals surface area contributed by atoms with Gasteiger partial charge in [0.1, 0.15) is 11.2 Å². The maximum absolute atomic E-state index is 12.3. The van der Waals surface area contributed by atoms with Crippen LogP contribution in [0.5, 0.6) is 0 Å². The van der Waals surface area contributed by atoms with Crippen LogP contribution >= 0.6 is 11.3 Å². The second-order valence-corrected chi connectivity index (χ2v) is 6.21. The number of amides is 1. The SMILES string of the molecule is O=C(NCc1cccs1)c1ccc2oc(-c3ccccn3)nc2c1. The molecule has 118 valence electrons. The van der Waals surface area contributed by atoms with Crippen molar-refractivity contribution in [2.24, 2.45) is 0 Å². The number of oxazole rings is 1. The molecule has 1 amide bonds. The van der Waals surface area contributed by atoms with Crippen LogP contribution in [0.1, 0.15) is 15.2 Å². The predicted molar refractivity (Wildman–Crippen MR) is 92.7 cm³/mol. The number of thiophene rings is 1. The highest BCUT2D eigenvalue weighted by molar-refractivity contribution is 7.09. The fraction of sp³-hybridized carbons (Fsp3) is 0.0556. The van der Waals surface area contributed by atoms with Crippen LogP contribution < -0.4 is 5.32 Å². The number of aromatic nitrogens is 2. The number of nitrogens with zero attached hydrogens (tertiary/aromatic N) is 2. The molecule has 1 N–H and O–H groups in total. The Balaban J connectivity index is 1.57. The van der Waals surface area contributed by atoms with Crippen LogP contribution in [0.25, 0.3) is 22.7 Å². The summed E-state index contributed by atoms with van der Waals surface area (Å²) in [4.78, 5) is 22.1. The van der Waals surface area contributed by atoms with E-state index >= 15 is 0 Å². The third-order valence-corrected chi connectivity index (χ3v) is 4.41. The Bertz CT molecular complexity index is 978. The first-order valence-electron chi connectivity index (χ1n) is 7.42. The summed E-state index contributed by atoms with van der Waals surface area (Å²) in [5, 5.41) is 4.89. The van der Waals surface area contributed by atoms with Crippen molar-refractivity contribution in [3.63, 3.8) is 0 Å². The Morgan fingerprint density at radius 1 is 1.17 bits per heavy atom. The Morgan fingerprint density at radius 2 is 2.12 bits per heavy atom. The Morgan fingerprint density at radius 3 is 2.92 bits per heavy atom. The Labute approximate surface area is 142 Å². The van der Waals surface area contributed by atoms with E-state index in [4.69, 9.17) is 4.42 Å². The molecule has 0 saturated heterocycles. The minimum atomic E-state index is -0.132. The average Bonchev–Trinajstić information content (AvgIpc) is 3.29. The number of nitrogens with one attached hydrogen (secondary N) is 1. The van der Waals surface area contributed by atoms with Crippen molar-refractivity contribution in [3.05, 3.63) is 70.5 Å². The molecule has 3 heterocycles. The third kappa shape index (κ3) is 2.91. The molecule has 0 fully saturated rings. The molecule has 3 aromatic heterocycles. The average molecular weight is 335 g/mol. The minimum absolute atomic E-state index is 0.132. The van der Waals surface area contributed by atoms with Gasteiger partial charge in [-0.05, 0) is 41.8 Å². The van der Waals surface area contributed by atoms with Crippen molar-refractivity contribution in [1.82, 2.24) is 15.3 Å². The van der Waals surface area contributed by atoms with Crippen molar-refractivity contribution in [2.45, 2.75) is 6.54 Å². The summed E-state index contributed by atoms with van der Waals surface area (Å²) < 4.78 is 5.70. The lowest BCUT2D eigenvalue weighted by atomic mass is 10.2. The first kappa shape index (κ1) is 14.6. The fourth-order valence-electron chi connectivity index (χ4n) is 2.35. The highest BCUT2D eigenvalue weighted by atomic mass is 32.1. The molecule has 4 rings (SSSR count). The number of rotatable bonds is 4. The number of carbonyl (C=O) groups is 1. The van der Waals surface area contributed by atoms with Crippen molar-refractivity contribution in [1.29, 1.82) is 0 Å². The van der Waals surface area contributed by atoms with E-state index in [-0.39, 0.29) is 5.91 Å². The van der Waals surface area contributed by atoms with E-state index in [1.165, 1.54) is 0 Å². The summed E-state index contributed by atoms with van der Waals surface area (Å²) in [7, 11) is 0. The second-order valence-electron chi connectivity index (χ2n) is 5.18. The van der Waals surface area contributed by atoms with Crippen molar-refractivity contribution >= 4 is 28.3 Å². The van der Waals surface area contributed by atoms with Gasteiger partial charge in [-0.15, -0.1) is 11.3 Å². The number of fused-ring (bicyclic) bond motifs is 1. The largest absolute Gasteiger partial charge is 0.435 e. The molecule has 0 radical (unpaired) electrons. The molecule has 0 aliphatic rings. The molecular formula is C18H13N3O2S. The van der Waals surface area contributed by atoms with Crippen molar-refractivity contribution < 1.29 is 9.21 Å². The number of hydrogen-bond donors (Lipinski definition) is 1. The summed E-state index contributed by atoms with van der Waals surface area (Å²) in [6.45, 7) is 0.520. The van der Waals surface area contributed by atoms with Gasteiger partial charge in [-0.1, -0.05) is 12.1 Å². The molecule has 24 heavy (non-hydrogen) atoms. The first-order chi connectivity index (χ1) is 11.8. The number of hydrogen-bond acceptors (Lipinski definition) is 5. The molecule has 0 bridgehead atoms. The van der Waals surface area contributed by atoms with Gasteiger partial charge < -0.3 is 9.73 Å². The molecule has 5 nitrogen and oxygen atoms in total. The summed E-state index contributed by atoms with van der Waals surface area (Å²) in [6, 6.07) is 14.7. The summed E-state index contributed by atoms with van der Waals surface area (Å²) >= 11 is 1.61. The first-order valence-corrected chi connectivity index (χ1v) is 8.30. The zero-order chi connectivity index (χ0) is 16.4. The molecule has 4 aromatic rings. The lowest BCUT2D eigenvalue weighted by molar-refractivity contribution is 0.0951. The predicted octanol–water partition coefficient (Wildman–Crippen LogP) is 3.88. The van der Waals surface area contributed by atoms with Gasteiger partial charge in [0.05, 0.1) is 6.54 Å². The van der Waals surface area contributed by atoms with Gasteiger partial charge in [0.25, 0.3) is 5.91 Å². The smallest absolute Gasteiger partial charge is 0.251 e. The van der Waals surface area contributed by atoms with Crippen LogP contribution in [-0.4, -0.2) is 15.9 Å². The number of carbonyl (C=O) groups excluding carboxylic acids is 1. The fourth-order valence-corrected chi connectivity index (χ4v) is 2.99. The zero-order valence-corrected chi connectivity index (χ0v) is 13.4. The highest BCUT2D eigenvalue weighted by Crippen LogP contribution is 2.23. The van der Waals surface area contributed by atoms with Crippen LogP contribution in [0, 0.1) is 0 Å². The third-order valence-electron chi connectivity index (χ3n) is 3.54. The van der Waals surface area contributed by atoms with Crippen LogP contribution in [-0.2, 0) is 6.54 Å². The van der Waals surface area contributed by atoms with Gasteiger partial charge >= 0.3 is 0 Å². The van der Waals surface area contributed by atoms with Gasteiger partial charge in [0, 0.05) is 16.6 Å². The monoisotopic (exact) mass is 335 g/mol. The molecule has 1 aromatic carbocycles. The minimum Gasteiger partial charge on any atom is -0.435 e. The van der Waals surface area contributed by atoms with E-state index in [9.17, 15) is 4.79 Å². The summed E-state index contributed by atoms with van der Waals surface area (Å²) in [6.07, 6.45) is 1.69. The van der Waals surface area contributed by atoms with Crippen molar-refractivity contribution in [3.8, 4) is 11.6 Å². The lowest BCUT2D eigenvalue weighted by Crippen LogP contribution is -2.22. The van der Waals surface area contributed by atoms with Gasteiger partial charge in [-0.25, -0.2) is 4.98 Å². The van der Waals surface area contributed by atoms with E-state index < -0.39 is 0 Å². The summed E-state index contributed by atoms with van der Waals surface area (Å²) in [5.74, 6) is 0.314. The van der Waals surface area contributed by atoms with Crippen molar-refractivity contribution in [2.75, 3.05) is 0 Å². The molecule has 0 aliphatic carbocycles. The topological polar surface area (TPSA) is 68.0 Å². The zero-order valence-electron chi connectivity index (χ0n) is 12.6. The van der Waals surface area contributed by atoms with E-state index in [0.29, 0.717) is 34.8 Å². The lowest BCUT2D eigenvalue weighted by Gasteiger charge is -2.03. The molecule has 0 unspecified atom stereocenters. The Kier molecular flexibility index (Phi) is 3.80. The van der Waals surface area contributed by atoms with Gasteiger partial charge in [-0.3, -0.25) is 9.78 Å². The van der Waals surface area contributed by atoms with E-state index in [1.54, 1.807) is 35.7 Å². The molecule has 0 aliphatic heterocycles. The van der Waals surface area contributed by atoms with Gasteiger partial charge in [0.2, 0.25) is 5.89 Å². The van der Waals surface area contributed by atoms with Crippen LogP contribution in [0.15, 0.2) is 64.5 Å². The molecule has 0 spiro atoms. The molecular weight excluding hydrogens is 322 g/mol. The van der Waals surface area contributed by atoms with Crippen LogP contribution in [0.3, 0.4) is 0 Å². The normalized spacial score (nSPS) is 10.8. The quantitative estimate of drug-likeness (QED) is 0.614. The van der Waals surface area contributed by atoms with Crippen LogP contribution in [0.4, 0.5) is 0 Å².